The number of nitrogens with zero attached hydrogens (tertiary/aromatic N) is 4. The number of pyridine rings is 1. The monoisotopic (exact) mass is 528 g/mol. The van der Waals surface area contributed by atoms with E-state index in [9.17, 15) is 9.90 Å². The van der Waals surface area contributed by atoms with E-state index in [0.717, 1.165) is 72.4 Å². The van der Waals surface area contributed by atoms with Gasteiger partial charge in [-0.3, -0.25) is 4.79 Å². The van der Waals surface area contributed by atoms with Gasteiger partial charge in [-0.15, -0.1) is 0 Å². The predicted octanol–water partition coefficient (Wildman–Crippen LogP) is 3.77. The van der Waals surface area contributed by atoms with E-state index in [-0.39, 0.29) is 5.91 Å². The number of hydrogen-bond donors (Lipinski definition) is 3. The van der Waals surface area contributed by atoms with Crippen LogP contribution in [0.4, 0.5) is 5.95 Å². The maximum absolute atomic E-state index is 11.9. The first kappa shape index (κ1) is 24.6. The third-order valence-electron chi connectivity index (χ3n) is 6.78. The summed E-state index contributed by atoms with van der Waals surface area (Å²) in [6, 6.07) is 17.8. The molecule has 10 heteroatoms. The Hall–Kier alpha value is -3.73. The number of aliphatic hydroxyl groups excluding tert-OH is 1. The maximum Gasteiger partial charge on any atom is 0.260 e. The molecule has 2 fully saturated rings. The molecule has 5 heterocycles. The summed E-state index contributed by atoms with van der Waals surface area (Å²) in [6.45, 7) is 3.38. The lowest BCUT2D eigenvalue weighted by Crippen LogP contribution is -2.38. The van der Waals surface area contributed by atoms with Crippen molar-refractivity contribution in [2.24, 2.45) is 5.92 Å². The number of fused-ring (bicyclic) bond motifs is 1. The van der Waals surface area contributed by atoms with Gasteiger partial charge in [-0.25, -0.2) is 15.0 Å². The molecule has 0 radical (unpaired) electrons. The van der Waals surface area contributed by atoms with Crippen LogP contribution in [0.2, 0.25) is 0 Å². The summed E-state index contributed by atoms with van der Waals surface area (Å²) in [5, 5.41) is 16.7. The number of rotatable bonds is 7. The minimum Gasteiger partial charge on any atom is -0.454 e. The van der Waals surface area contributed by atoms with Crippen molar-refractivity contribution in [1.29, 1.82) is 0 Å². The van der Waals surface area contributed by atoms with Crippen LogP contribution in [-0.2, 0) is 11.3 Å². The summed E-state index contributed by atoms with van der Waals surface area (Å²) in [6.07, 6.45) is 5.48. The van der Waals surface area contributed by atoms with Gasteiger partial charge in [0.25, 0.3) is 5.91 Å². The Bertz CT molecular complexity index is 1450. The molecule has 3 N–H and O–H groups in total. The average molecular weight is 529 g/mol. The molecule has 6 rings (SSSR count). The first-order valence-electron chi connectivity index (χ1n) is 12.7. The highest BCUT2D eigenvalue weighted by Gasteiger charge is 2.26. The Balaban J connectivity index is 1.00. The fourth-order valence-electron chi connectivity index (χ4n) is 4.78. The zero-order chi connectivity index (χ0) is 25.9. The molecule has 0 aliphatic carbocycles. The molecular formula is C28H28N6O3S. The number of benzene rings is 1. The van der Waals surface area contributed by atoms with Crippen molar-refractivity contribution < 1.29 is 14.3 Å². The van der Waals surface area contributed by atoms with E-state index in [4.69, 9.17) is 9.40 Å². The molecule has 4 aromatic rings. The summed E-state index contributed by atoms with van der Waals surface area (Å²) in [7, 11) is 0. The van der Waals surface area contributed by atoms with Crippen LogP contribution in [0, 0.1) is 5.92 Å². The number of aromatic nitrogens is 3. The second-order valence-electron chi connectivity index (χ2n) is 9.46. The number of carbonyl (C=O) groups excluding carboxylic acids is 1. The number of para-hydroxylation sites is 1. The molecule has 1 aromatic carbocycles. The van der Waals surface area contributed by atoms with E-state index in [0.29, 0.717) is 29.0 Å². The zero-order valence-electron chi connectivity index (χ0n) is 20.7. The zero-order valence-corrected chi connectivity index (χ0v) is 21.5. The number of nitrogens with one attached hydrogen (secondary N) is 2. The summed E-state index contributed by atoms with van der Waals surface area (Å²) in [5.41, 5.74) is 2.45. The molecule has 3 aromatic heterocycles. The molecule has 1 amide bonds. The highest BCUT2D eigenvalue weighted by atomic mass is 32.2. The van der Waals surface area contributed by atoms with Gasteiger partial charge >= 0.3 is 0 Å². The number of furan rings is 1. The first-order chi connectivity index (χ1) is 18.6. The Morgan fingerprint density at radius 3 is 2.82 bits per heavy atom. The molecule has 38 heavy (non-hydrogen) atoms. The van der Waals surface area contributed by atoms with Gasteiger partial charge in [0.15, 0.2) is 11.3 Å². The number of piperidine rings is 1. The van der Waals surface area contributed by atoms with Crippen molar-refractivity contribution in [3.05, 3.63) is 77.1 Å². The van der Waals surface area contributed by atoms with Crippen LogP contribution in [0.25, 0.3) is 28.5 Å². The van der Waals surface area contributed by atoms with Crippen LogP contribution in [0.3, 0.4) is 0 Å². The molecule has 0 bridgehead atoms. The number of amides is 1. The fourth-order valence-corrected chi connectivity index (χ4v) is 5.54. The Morgan fingerprint density at radius 1 is 1.13 bits per heavy atom. The molecule has 0 spiro atoms. The van der Waals surface area contributed by atoms with Crippen LogP contribution in [0.15, 0.2) is 70.1 Å². The van der Waals surface area contributed by atoms with Gasteiger partial charge in [0.1, 0.15) is 11.3 Å². The largest absolute Gasteiger partial charge is 0.454 e. The number of aliphatic hydroxyl groups is 1. The molecule has 1 atom stereocenters. The third-order valence-corrected chi connectivity index (χ3v) is 7.68. The lowest BCUT2D eigenvalue weighted by molar-refractivity contribution is -0.117. The highest BCUT2D eigenvalue weighted by molar-refractivity contribution is 8.05. The molecule has 9 nitrogen and oxygen atoms in total. The molecule has 2 aliphatic rings. The Kier molecular flexibility index (Phi) is 7.08. The quantitative estimate of drug-likeness (QED) is 0.308. The van der Waals surface area contributed by atoms with Crippen LogP contribution >= 0.6 is 11.8 Å². The van der Waals surface area contributed by atoms with E-state index in [2.05, 4.69) is 25.5 Å². The van der Waals surface area contributed by atoms with Gasteiger partial charge in [-0.2, -0.15) is 0 Å². The van der Waals surface area contributed by atoms with Crippen molar-refractivity contribution >= 4 is 40.7 Å². The van der Waals surface area contributed by atoms with Crippen LogP contribution in [0.1, 0.15) is 24.2 Å². The third kappa shape index (κ3) is 5.57. The molecule has 2 saturated heterocycles. The first-order valence-corrected chi connectivity index (χ1v) is 13.6. The van der Waals surface area contributed by atoms with Crippen molar-refractivity contribution in [2.45, 2.75) is 24.9 Å². The van der Waals surface area contributed by atoms with Crippen molar-refractivity contribution in [1.82, 2.24) is 25.6 Å². The van der Waals surface area contributed by atoms with Gasteiger partial charge in [-0.1, -0.05) is 36.0 Å². The second-order valence-corrected chi connectivity index (χ2v) is 10.6. The van der Waals surface area contributed by atoms with Gasteiger partial charge in [-0.05, 0) is 61.7 Å². The summed E-state index contributed by atoms with van der Waals surface area (Å²) in [5.74, 6) is 1.73. The summed E-state index contributed by atoms with van der Waals surface area (Å²) >= 11 is 1.08. The summed E-state index contributed by atoms with van der Waals surface area (Å²) in [4.78, 5) is 28.4. The summed E-state index contributed by atoms with van der Waals surface area (Å²) < 4.78 is 5.97. The van der Waals surface area contributed by atoms with E-state index < -0.39 is 5.56 Å². The van der Waals surface area contributed by atoms with Gasteiger partial charge in [0, 0.05) is 31.2 Å². The van der Waals surface area contributed by atoms with Crippen LogP contribution < -0.4 is 15.5 Å². The normalized spacial score (nSPS) is 19.4. The van der Waals surface area contributed by atoms with E-state index in [1.54, 1.807) is 18.3 Å². The van der Waals surface area contributed by atoms with Crippen molar-refractivity contribution in [3.8, 4) is 11.5 Å². The molecular weight excluding hydrogens is 500 g/mol. The van der Waals surface area contributed by atoms with Gasteiger partial charge < -0.3 is 25.1 Å². The number of hydrogen-bond acceptors (Lipinski definition) is 9. The second kappa shape index (κ2) is 10.9. The standard InChI is InChI=1S/C28H28N6O3S/c35-26-25(38-28(36)33-26)15-20-8-11-30-27(32-20)34-12-9-18(10-13-34)16-29-17-21-5-3-6-22(31-21)24-14-19-4-1-2-7-23(19)37-24/h1-8,11,14-15,18,28-29,36H,9-10,12-13,16-17H2,(H,33,35). The van der Waals surface area contributed by atoms with Gasteiger partial charge in [0.05, 0.1) is 16.3 Å². The topological polar surface area (TPSA) is 116 Å². The average Bonchev–Trinajstić information content (AvgIpc) is 3.51. The lowest BCUT2D eigenvalue weighted by Gasteiger charge is -2.32. The van der Waals surface area contributed by atoms with E-state index in [1.807, 2.05) is 48.5 Å². The number of thioether (sulfide) groups is 1. The van der Waals surface area contributed by atoms with E-state index in [1.165, 1.54) is 0 Å². The SMILES string of the molecule is O=C1NC(O)SC1=Cc1ccnc(N2CCC(CNCc3cccc(-c4cc5ccccc5o4)n3)CC2)n1. The molecule has 0 saturated carbocycles. The lowest BCUT2D eigenvalue weighted by atomic mass is 9.97. The van der Waals surface area contributed by atoms with Crippen molar-refractivity contribution in [3.63, 3.8) is 0 Å². The smallest absolute Gasteiger partial charge is 0.260 e. The highest BCUT2D eigenvalue weighted by Crippen LogP contribution is 2.28. The minimum atomic E-state index is -0.904. The fraction of sp³-hybridized carbons (Fsp3) is 0.286. The Morgan fingerprint density at radius 2 is 2.00 bits per heavy atom. The number of anilines is 1. The minimum absolute atomic E-state index is 0.285. The van der Waals surface area contributed by atoms with Crippen LogP contribution in [-0.4, -0.2) is 51.2 Å². The van der Waals surface area contributed by atoms with Crippen LogP contribution in [0.5, 0.6) is 0 Å². The maximum atomic E-state index is 11.9. The predicted molar refractivity (Wildman–Crippen MR) is 148 cm³/mol. The van der Waals surface area contributed by atoms with Gasteiger partial charge in [0.2, 0.25) is 5.95 Å². The Labute approximate surface area is 224 Å². The number of carbonyl (C=O) groups is 1. The molecule has 2 aliphatic heterocycles. The molecule has 194 valence electrons. The van der Waals surface area contributed by atoms with E-state index >= 15 is 0 Å². The van der Waals surface area contributed by atoms with Crippen molar-refractivity contribution in [2.75, 3.05) is 24.5 Å². The molecule has 1 unspecified atom stereocenters.